The lowest BCUT2D eigenvalue weighted by molar-refractivity contribution is -0.117. The largest absolute Gasteiger partial charge is 0.332 e. The van der Waals surface area contributed by atoms with Crippen molar-refractivity contribution in [3.8, 4) is 0 Å². The third-order valence-electron chi connectivity index (χ3n) is 4.56. The summed E-state index contributed by atoms with van der Waals surface area (Å²) in [5.74, 6) is 2.27. The topological polar surface area (TPSA) is 68.0 Å². The fourth-order valence-electron chi connectivity index (χ4n) is 3.29. The summed E-state index contributed by atoms with van der Waals surface area (Å²) >= 11 is 0. The molecule has 1 aliphatic heterocycles. The van der Waals surface area contributed by atoms with Crippen LogP contribution in [-0.4, -0.2) is 49.8 Å². The Hall–Kier alpha value is -2.15. The van der Waals surface area contributed by atoms with Crippen molar-refractivity contribution in [3.63, 3.8) is 0 Å². The van der Waals surface area contributed by atoms with Crippen LogP contribution in [0.4, 0.5) is 5.82 Å². The summed E-state index contributed by atoms with van der Waals surface area (Å²) in [4.78, 5) is 18.9. The summed E-state index contributed by atoms with van der Waals surface area (Å²) in [6.45, 7) is 6.63. The number of carbonyl (C=O) groups excluding carboxylic acids is 1. The molecule has 3 rings (SSSR count). The summed E-state index contributed by atoms with van der Waals surface area (Å²) in [6, 6.07) is 2.24. The van der Waals surface area contributed by atoms with Crippen molar-refractivity contribution in [3.05, 3.63) is 30.5 Å². The van der Waals surface area contributed by atoms with Crippen molar-refractivity contribution in [2.75, 3.05) is 25.0 Å². The zero-order valence-electron chi connectivity index (χ0n) is 14.6. The van der Waals surface area contributed by atoms with E-state index < -0.39 is 0 Å². The van der Waals surface area contributed by atoms with Gasteiger partial charge in [-0.3, -0.25) is 14.4 Å². The minimum Gasteiger partial charge on any atom is -0.332 e. The second kappa shape index (κ2) is 7.17. The number of amides is 1. The predicted octanol–water partition coefficient (Wildman–Crippen LogP) is 2.02. The molecule has 0 bridgehead atoms. The third-order valence-corrected chi connectivity index (χ3v) is 4.56. The number of piperidine rings is 1. The van der Waals surface area contributed by atoms with E-state index >= 15 is 0 Å². The van der Waals surface area contributed by atoms with E-state index in [9.17, 15) is 4.79 Å². The Balaban J connectivity index is 1.50. The van der Waals surface area contributed by atoms with Gasteiger partial charge in [0.05, 0.1) is 6.54 Å². The molecule has 1 saturated heterocycles. The van der Waals surface area contributed by atoms with E-state index in [4.69, 9.17) is 0 Å². The zero-order chi connectivity index (χ0) is 17.1. The summed E-state index contributed by atoms with van der Waals surface area (Å²) in [6.07, 6.45) is 7.85. The van der Waals surface area contributed by atoms with E-state index in [0.717, 1.165) is 25.9 Å². The molecule has 2 aromatic rings. The van der Waals surface area contributed by atoms with Gasteiger partial charge in [-0.15, -0.1) is 0 Å². The molecule has 0 atom stereocenters. The number of likely N-dealkylation sites (tertiary alicyclic amines) is 1. The maximum absolute atomic E-state index is 12.1. The summed E-state index contributed by atoms with van der Waals surface area (Å²) < 4.78 is 3.94. The first-order valence-corrected chi connectivity index (χ1v) is 8.57. The Morgan fingerprint density at radius 1 is 1.33 bits per heavy atom. The highest BCUT2D eigenvalue weighted by Gasteiger charge is 2.25. The number of nitrogens with zero attached hydrogens (tertiary/aromatic N) is 5. The second-order valence-corrected chi connectivity index (χ2v) is 6.76. The Morgan fingerprint density at radius 2 is 2.08 bits per heavy atom. The van der Waals surface area contributed by atoms with Crippen LogP contribution in [0.3, 0.4) is 0 Å². The number of nitrogens with one attached hydrogen (secondary N) is 1. The standard InChI is InChI=1S/C17H26N6O/c1-13(2)23-11-7-18-17(23)14-4-9-22(10-5-14)12-16(24)19-15-6-8-21(3)20-15/h6-8,11,13-14H,4-5,9-10,12H2,1-3H3,(H,19,20,24). The number of imidazole rings is 1. The molecule has 0 spiro atoms. The van der Waals surface area contributed by atoms with Crippen LogP contribution in [0.15, 0.2) is 24.7 Å². The van der Waals surface area contributed by atoms with Crippen LogP contribution < -0.4 is 5.32 Å². The highest BCUT2D eigenvalue weighted by molar-refractivity contribution is 5.91. The molecule has 1 aliphatic rings. The third kappa shape index (κ3) is 3.84. The lowest BCUT2D eigenvalue weighted by atomic mass is 9.95. The smallest absolute Gasteiger partial charge is 0.239 e. The van der Waals surface area contributed by atoms with E-state index in [0.29, 0.717) is 24.3 Å². The highest BCUT2D eigenvalue weighted by atomic mass is 16.2. The van der Waals surface area contributed by atoms with Gasteiger partial charge in [0.1, 0.15) is 5.82 Å². The Labute approximate surface area is 142 Å². The Morgan fingerprint density at radius 3 is 2.71 bits per heavy atom. The van der Waals surface area contributed by atoms with Crippen molar-refractivity contribution in [2.45, 2.75) is 38.6 Å². The molecule has 0 aromatic carbocycles. The monoisotopic (exact) mass is 330 g/mol. The van der Waals surface area contributed by atoms with E-state index in [-0.39, 0.29) is 5.91 Å². The van der Waals surface area contributed by atoms with E-state index in [1.165, 1.54) is 5.82 Å². The maximum atomic E-state index is 12.1. The first-order chi connectivity index (χ1) is 11.5. The van der Waals surface area contributed by atoms with Gasteiger partial charge in [0, 0.05) is 43.7 Å². The number of anilines is 1. The molecule has 7 nitrogen and oxygen atoms in total. The lowest BCUT2D eigenvalue weighted by Crippen LogP contribution is -2.39. The number of aromatic nitrogens is 4. The van der Waals surface area contributed by atoms with Crippen molar-refractivity contribution >= 4 is 11.7 Å². The second-order valence-electron chi connectivity index (χ2n) is 6.76. The zero-order valence-corrected chi connectivity index (χ0v) is 14.6. The number of hydrogen-bond acceptors (Lipinski definition) is 4. The van der Waals surface area contributed by atoms with Gasteiger partial charge in [-0.2, -0.15) is 5.10 Å². The van der Waals surface area contributed by atoms with Crippen molar-refractivity contribution < 1.29 is 4.79 Å². The Bertz CT molecular complexity index is 681. The summed E-state index contributed by atoms with van der Waals surface area (Å²) in [5.41, 5.74) is 0. The fraction of sp³-hybridized carbons (Fsp3) is 0.588. The van der Waals surface area contributed by atoms with Gasteiger partial charge in [-0.1, -0.05) is 0 Å². The Kier molecular flexibility index (Phi) is 4.99. The van der Waals surface area contributed by atoms with Crippen LogP contribution in [-0.2, 0) is 11.8 Å². The molecular weight excluding hydrogens is 304 g/mol. The number of carbonyl (C=O) groups is 1. The predicted molar refractivity (Wildman–Crippen MR) is 92.9 cm³/mol. The van der Waals surface area contributed by atoms with E-state index in [2.05, 4.69) is 44.9 Å². The number of aryl methyl sites for hydroxylation is 1. The molecule has 2 aromatic heterocycles. The minimum absolute atomic E-state index is 0.00386. The van der Waals surface area contributed by atoms with Gasteiger partial charge < -0.3 is 9.88 Å². The van der Waals surface area contributed by atoms with Gasteiger partial charge in [0.25, 0.3) is 0 Å². The van der Waals surface area contributed by atoms with E-state index in [1.54, 1.807) is 10.7 Å². The van der Waals surface area contributed by atoms with Crippen molar-refractivity contribution in [2.24, 2.45) is 7.05 Å². The minimum atomic E-state index is -0.00386. The molecule has 1 fully saturated rings. The summed E-state index contributed by atoms with van der Waals surface area (Å²) in [7, 11) is 1.83. The summed E-state index contributed by atoms with van der Waals surface area (Å²) in [5, 5.41) is 7.01. The SMILES string of the molecule is CC(C)n1ccnc1C1CCN(CC(=O)Nc2ccn(C)n2)CC1. The van der Waals surface area contributed by atoms with Gasteiger partial charge in [-0.25, -0.2) is 4.98 Å². The molecule has 1 amide bonds. The fourth-order valence-corrected chi connectivity index (χ4v) is 3.29. The van der Waals surface area contributed by atoms with Gasteiger partial charge >= 0.3 is 0 Å². The molecule has 24 heavy (non-hydrogen) atoms. The molecule has 0 saturated carbocycles. The molecule has 3 heterocycles. The lowest BCUT2D eigenvalue weighted by Gasteiger charge is -2.31. The molecule has 130 valence electrons. The van der Waals surface area contributed by atoms with Crippen molar-refractivity contribution in [1.82, 2.24) is 24.2 Å². The molecule has 0 aliphatic carbocycles. The average molecular weight is 330 g/mol. The van der Waals surface area contributed by atoms with Crippen LogP contribution in [0.5, 0.6) is 0 Å². The molecule has 0 radical (unpaired) electrons. The maximum Gasteiger partial charge on any atom is 0.239 e. The molecule has 1 N–H and O–H groups in total. The first-order valence-electron chi connectivity index (χ1n) is 8.57. The van der Waals surface area contributed by atoms with Crippen LogP contribution >= 0.6 is 0 Å². The highest BCUT2D eigenvalue weighted by Crippen LogP contribution is 2.28. The molecular formula is C17H26N6O. The van der Waals surface area contributed by atoms with Gasteiger partial charge in [0.2, 0.25) is 5.91 Å². The van der Waals surface area contributed by atoms with Crippen LogP contribution in [0.25, 0.3) is 0 Å². The first kappa shape index (κ1) is 16.7. The molecule has 0 unspecified atom stereocenters. The van der Waals surface area contributed by atoms with Crippen molar-refractivity contribution in [1.29, 1.82) is 0 Å². The number of rotatable bonds is 5. The number of hydrogen-bond donors (Lipinski definition) is 1. The quantitative estimate of drug-likeness (QED) is 0.911. The van der Waals surface area contributed by atoms with Crippen LogP contribution in [0, 0.1) is 0 Å². The van der Waals surface area contributed by atoms with Gasteiger partial charge in [0.15, 0.2) is 5.82 Å². The molecule has 7 heteroatoms. The van der Waals surface area contributed by atoms with Crippen LogP contribution in [0.2, 0.25) is 0 Å². The van der Waals surface area contributed by atoms with Gasteiger partial charge in [-0.05, 0) is 39.8 Å². The average Bonchev–Trinajstić information content (AvgIpc) is 3.17. The van der Waals surface area contributed by atoms with Crippen LogP contribution in [0.1, 0.15) is 44.5 Å². The normalized spacial score (nSPS) is 16.7. The van der Waals surface area contributed by atoms with E-state index in [1.807, 2.05) is 19.4 Å².